The Hall–Kier alpha value is -1.87. The number of pyridine rings is 1. The molecule has 1 N–H and O–H groups in total. The highest BCUT2D eigenvalue weighted by Crippen LogP contribution is 2.29. The number of anilines is 2. The van der Waals surface area contributed by atoms with Crippen LogP contribution in [0.3, 0.4) is 0 Å². The number of aromatic nitrogens is 1. The zero-order chi connectivity index (χ0) is 13.9. The van der Waals surface area contributed by atoms with Crippen LogP contribution in [0, 0.1) is 0 Å². The largest absolute Gasteiger partial charge is 0.355 e. The lowest BCUT2D eigenvalue weighted by Crippen LogP contribution is -1.96. The Labute approximate surface area is 127 Å². The van der Waals surface area contributed by atoms with Crippen LogP contribution in [0.1, 0.15) is 12.5 Å². The Morgan fingerprint density at radius 2 is 1.90 bits per heavy atom. The summed E-state index contributed by atoms with van der Waals surface area (Å²) in [6, 6.07) is 16.5. The second-order valence-electron chi connectivity index (χ2n) is 4.66. The fourth-order valence-electron chi connectivity index (χ4n) is 2.32. The quantitative estimate of drug-likeness (QED) is 0.706. The molecule has 20 heavy (non-hydrogen) atoms. The first kappa shape index (κ1) is 13.1. The second-order valence-corrected chi connectivity index (χ2v) is 5.57. The van der Waals surface area contributed by atoms with Crippen molar-refractivity contribution in [3.05, 3.63) is 64.8 Å². The lowest BCUT2D eigenvalue weighted by Gasteiger charge is -2.13. The summed E-state index contributed by atoms with van der Waals surface area (Å²) in [7, 11) is 0. The Morgan fingerprint density at radius 3 is 2.75 bits per heavy atom. The minimum Gasteiger partial charge on any atom is -0.355 e. The van der Waals surface area contributed by atoms with E-state index in [2.05, 4.69) is 63.5 Å². The zero-order valence-electron chi connectivity index (χ0n) is 11.2. The first-order chi connectivity index (χ1) is 9.78. The van der Waals surface area contributed by atoms with Gasteiger partial charge in [-0.1, -0.05) is 41.1 Å². The maximum atomic E-state index is 4.41. The van der Waals surface area contributed by atoms with Gasteiger partial charge in [0.05, 0.1) is 5.52 Å². The molecule has 2 aromatic carbocycles. The van der Waals surface area contributed by atoms with Crippen molar-refractivity contribution in [2.45, 2.75) is 13.3 Å². The molecule has 3 rings (SSSR count). The van der Waals surface area contributed by atoms with Crippen LogP contribution >= 0.6 is 15.9 Å². The summed E-state index contributed by atoms with van der Waals surface area (Å²) in [5, 5.41) is 4.65. The van der Waals surface area contributed by atoms with Gasteiger partial charge in [0, 0.05) is 27.4 Å². The summed E-state index contributed by atoms with van der Waals surface area (Å²) in [5.74, 6) is 0. The van der Waals surface area contributed by atoms with Crippen molar-refractivity contribution in [3.63, 3.8) is 0 Å². The Morgan fingerprint density at radius 1 is 1.05 bits per heavy atom. The summed E-state index contributed by atoms with van der Waals surface area (Å²) in [6.07, 6.45) is 2.85. The highest BCUT2D eigenvalue weighted by atomic mass is 79.9. The van der Waals surface area contributed by atoms with E-state index in [-0.39, 0.29) is 0 Å². The van der Waals surface area contributed by atoms with Gasteiger partial charge in [-0.15, -0.1) is 0 Å². The number of nitrogens with zero attached hydrogens (tertiary/aromatic N) is 1. The molecule has 0 aliphatic rings. The van der Waals surface area contributed by atoms with Crippen molar-refractivity contribution >= 4 is 38.2 Å². The van der Waals surface area contributed by atoms with Crippen molar-refractivity contribution in [1.82, 2.24) is 4.98 Å². The van der Waals surface area contributed by atoms with Crippen molar-refractivity contribution in [2.75, 3.05) is 5.32 Å². The van der Waals surface area contributed by atoms with Gasteiger partial charge in [0.1, 0.15) is 0 Å². The molecule has 0 saturated carbocycles. The molecule has 0 saturated heterocycles. The normalized spacial score (nSPS) is 10.7. The monoisotopic (exact) mass is 326 g/mol. The Balaban J connectivity index is 2.08. The molecule has 0 atom stereocenters. The third-order valence-corrected chi connectivity index (χ3v) is 3.86. The van der Waals surface area contributed by atoms with E-state index < -0.39 is 0 Å². The third-order valence-electron chi connectivity index (χ3n) is 3.37. The van der Waals surface area contributed by atoms with E-state index in [1.807, 2.05) is 24.4 Å². The van der Waals surface area contributed by atoms with E-state index >= 15 is 0 Å². The number of fused-ring (bicyclic) bond motifs is 1. The van der Waals surface area contributed by atoms with E-state index in [0.717, 1.165) is 33.2 Å². The van der Waals surface area contributed by atoms with Crippen LogP contribution in [0.4, 0.5) is 11.4 Å². The number of rotatable bonds is 3. The summed E-state index contributed by atoms with van der Waals surface area (Å²) in [6.45, 7) is 2.17. The summed E-state index contributed by atoms with van der Waals surface area (Å²) < 4.78 is 1.06. The lowest BCUT2D eigenvalue weighted by molar-refractivity contribution is 1.14. The van der Waals surface area contributed by atoms with Crippen LogP contribution in [0.5, 0.6) is 0 Å². The van der Waals surface area contributed by atoms with Crippen LogP contribution in [0.2, 0.25) is 0 Å². The molecule has 1 heterocycles. The summed E-state index contributed by atoms with van der Waals surface area (Å²) in [4.78, 5) is 4.41. The van der Waals surface area contributed by atoms with Crippen LogP contribution in [-0.2, 0) is 6.42 Å². The molecular formula is C17H15BrN2. The van der Waals surface area contributed by atoms with Crippen molar-refractivity contribution in [1.29, 1.82) is 0 Å². The van der Waals surface area contributed by atoms with Gasteiger partial charge in [-0.05, 0) is 42.3 Å². The van der Waals surface area contributed by atoms with E-state index in [1.165, 1.54) is 5.56 Å². The molecule has 3 aromatic rings. The van der Waals surface area contributed by atoms with Crippen LogP contribution < -0.4 is 5.32 Å². The smallest absolute Gasteiger partial charge is 0.0723 e. The maximum Gasteiger partial charge on any atom is 0.0723 e. The second kappa shape index (κ2) is 5.63. The Kier molecular flexibility index (Phi) is 3.70. The fraction of sp³-hybridized carbons (Fsp3) is 0.118. The average Bonchev–Trinajstić information content (AvgIpc) is 2.48. The maximum absolute atomic E-state index is 4.41. The van der Waals surface area contributed by atoms with E-state index in [4.69, 9.17) is 0 Å². The number of para-hydroxylation sites is 1. The molecule has 0 bridgehead atoms. The lowest BCUT2D eigenvalue weighted by atomic mass is 10.1. The highest BCUT2D eigenvalue weighted by molar-refractivity contribution is 9.10. The topological polar surface area (TPSA) is 24.9 Å². The number of halogens is 1. The fourth-order valence-corrected chi connectivity index (χ4v) is 2.68. The molecule has 0 spiro atoms. The van der Waals surface area contributed by atoms with Gasteiger partial charge in [-0.25, -0.2) is 0 Å². The van der Waals surface area contributed by atoms with Gasteiger partial charge < -0.3 is 5.32 Å². The summed E-state index contributed by atoms with van der Waals surface area (Å²) in [5.41, 5.74) is 4.54. The van der Waals surface area contributed by atoms with E-state index in [1.54, 1.807) is 0 Å². The number of hydrogen-bond acceptors (Lipinski definition) is 2. The first-order valence-corrected chi connectivity index (χ1v) is 7.46. The summed E-state index contributed by atoms with van der Waals surface area (Å²) >= 11 is 3.52. The molecule has 2 nitrogen and oxygen atoms in total. The number of benzene rings is 2. The highest BCUT2D eigenvalue weighted by Gasteiger charge is 2.05. The van der Waals surface area contributed by atoms with Gasteiger partial charge in [-0.3, -0.25) is 4.98 Å². The van der Waals surface area contributed by atoms with Crippen molar-refractivity contribution < 1.29 is 0 Å². The van der Waals surface area contributed by atoms with E-state index in [9.17, 15) is 0 Å². The predicted octanol–water partition coefficient (Wildman–Crippen LogP) is 5.30. The predicted molar refractivity (Wildman–Crippen MR) is 88.5 cm³/mol. The molecule has 0 aliphatic carbocycles. The molecule has 0 amide bonds. The zero-order valence-corrected chi connectivity index (χ0v) is 12.8. The van der Waals surface area contributed by atoms with Crippen LogP contribution in [0.25, 0.3) is 10.9 Å². The van der Waals surface area contributed by atoms with Gasteiger partial charge in [0.2, 0.25) is 0 Å². The average molecular weight is 327 g/mol. The van der Waals surface area contributed by atoms with E-state index in [0.29, 0.717) is 0 Å². The number of hydrogen-bond donors (Lipinski definition) is 1. The van der Waals surface area contributed by atoms with Gasteiger partial charge in [0.25, 0.3) is 0 Å². The van der Waals surface area contributed by atoms with Gasteiger partial charge in [0.15, 0.2) is 0 Å². The molecule has 0 radical (unpaired) electrons. The minimum absolute atomic E-state index is 0.993. The van der Waals surface area contributed by atoms with Gasteiger partial charge >= 0.3 is 0 Å². The Bertz CT molecular complexity index is 753. The van der Waals surface area contributed by atoms with Crippen molar-refractivity contribution in [3.8, 4) is 0 Å². The molecule has 3 heteroatoms. The SMILES string of the molecule is CCc1ccccc1Nc1ccnc2ccc(Br)cc12. The molecule has 1 aromatic heterocycles. The molecule has 0 fully saturated rings. The molecule has 100 valence electrons. The number of nitrogens with one attached hydrogen (secondary N) is 1. The van der Waals surface area contributed by atoms with Crippen LogP contribution in [0.15, 0.2) is 59.2 Å². The minimum atomic E-state index is 0.993. The third kappa shape index (κ3) is 2.54. The standard InChI is InChI=1S/C17H15BrN2/c1-2-12-5-3-4-6-15(12)20-17-9-10-19-16-8-7-13(18)11-14(16)17/h3-11H,2H2,1H3,(H,19,20). The number of aryl methyl sites for hydroxylation is 1. The van der Waals surface area contributed by atoms with Crippen LogP contribution in [-0.4, -0.2) is 4.98 Å². The van der Waals surface area contributed by atoms with Crippen molar-refractivity contribution in [2.24, 2.45) is 0 Å². The first-order valence-electron chi connectivity index (χ1n) is 6.67. The molecule has 0 unspecified atom stereocenters. The molecular weight excluding hydrogens is 312 g/mol. The molecule has 0 aliphatic heterocycles. The van der Waals surface area contributed by atoms with Gasteiger partial charge in [-0.2, -0.15) is 0 Å².